The van der Waals surface area contributed by atoms with Gasteiger partial charge in [-0.15, -0.1) is 0 Å². The molecule has 126 valence electrons. The summed E-state index contributed by atoms with van der Waals surface area (Å²) in [6.45, 7) is 1.99. The second kappa shape index (κ2) is 7.92. The Bertz CT molecular complexity index is 750. The third kappa shape index (κ3) is 4.55. The first-order valence-electron chi connectivity index (χ1n) is 7.87. The molecule has 3 rings (SSSR count). The SMILES string of the molecule is CC(CCc1ccco1)NC(=O)CCc1nc(-c2ccsc2)no1. The fourth-order valence-corrected chi connectivity index (χ4v) is 2.95. The number of carbonyl (C=O) groups excluding carboxylic acids is 1. The van der Waals surface area contributed by atoms with Crippen LogP contribution < -0.4 is 5.32 Å². The minimum absolute atomic E-state index is 0.0165. The van der Waals surface area contributed by atoms with Gasteiger partial charge < -0.3 is 14.3 Å². The summed E-state index contributed by atoms with van der Waals surface area (Å²) in [4.78, 5) is 16.3. The second-order valence-corrected chi connectivity index (χ2v) is 6.39. The molecule has 3 aromatic heterocycles. The summed E-state index contributed by atoms with van der Waals surface area (Å²) in [5.41, 5.74) is 0.936. The first-order valence-corrected chi connectivity index (χ1v) is 8.82. The van der Waals surface area contributed by atoms with E-state index in [1.807, 2.05) is 35.9 Å². The number of furan rings is 1. The molecule has 0 aliphatic rings. The van der Waals surface area contributed by atoms with Gasteiger partial charge in [-0.05, 0) is 36.9 Å². The van der Waals surface area contributed by atoms with E-state index in [1.54, 1.807) is 17.6 Å². The lowest BCUT2D eigenvalue weighted by Gasteiger charge is -2.12. The lowest BCUT2D eigenvalue weighted by atomic mass is 10.1. The van der Waals surface area contributed by atoms with Crippen molar-refractivity contribution in [2.75, 3.05) is 0 Å². The maximum absolute atomic E-state index is 12.0. The Hall–Kier alpha value is -2.41. The van der Waals surface area contributed by atoms with Crippen LogP contribution in [0.3, 0.4) is 0 Å². The van der Waals surface area contributed by atoms with Crippen molar-refractivity contribution in [2.45, 2.75) is 38.6 Å². The van der Waals surface area contributed by atoms with E-state index >= 15 is 0 Å². The molecule has 0 aliphatic carbocycles. The number of nitrogens with one attached hydrogen (secondary N) is 1. The van der Waals surface area contributed by atoms with E-state index in [0.29, 0.717) is 24.6 Å². The van der Waals surface area contributed by atoms with E-state index in [1.165, 1.54) is 0 Å². The van der Waals surface area contributed by atoms with E-state index in [0.717, 1.165) is 24.2 Å². The quantitative estimate of drug-likeness (QED) is 0.676. The zero-order chi connectivity index (χ0) is 16.8. The van der Waals surface area contributed by atoms with Crippen LogP contribution in [0.4, 0.5) is 0 Å². The third-order valence-electron chi connectivity index (χ3n) is 3.62. The number of carbonyl (C=O) groups is 1. The van der Waals surface area contributed by atoms with Crippen LogP contribution in [-0.4, -0.2) is 22.1 Å². The van der Waals surface area contributed by atoms with Crippen LogP contribution in [0.1, 0.15) is 31.4 Å². The van der Waals surface area contributed by atoms with E-state index in [9.17, 15) is 4.79 Å². The molecule has 1 N–H and O–H groups in total. The predicted octanol–water partition coefficient (Wildman–Crippen LogP) is 3.46. The molecule has 6 nitrogen and oxygen atoms in total. The van der Waals surface area contributed by atoms with Crippen LogP contribution in [-0.2, 0) is 17.6 Å². The van der Waals surface area contributed by atoms with Crippen molar-refractivity contribution in [3.63, 3.8) is 0 Å². The Balaban J connectivity index is 1.40. The van der Waals surface area contributed by atoms with Crippen LogP contribution >= 0.6 is 11.3 Å². The third-order valence-corrected chi connectivity index (χ3v) is 4.31. The normalized spacial score (nSPS) is 12.2. The van der Waals surface area contributed by atoms with Crippen LogP contribution in [0, 0.1) is 0 Å². The Morgan fingerprint density at radius 3 is 3.04 bits per heavy atom. The molecular weight excluding hydrogens is 326 g/mol. The maximum atomic E-state index is 12.0. The van der Waals surface area contributed by atoms with Crippen LogP contribution in [0.2, 0.25) is 0 Å². The number of hydrogen-bond donors (Lipinski definition) is 1. The topological polar surface area (TPSA) is 81.2 Å². The maximum Gasteiger partial charge on any atom is 0.227 e. The average Bonchev–Trinajstić information content (AvgIpc) is 3.33. The van der Waals surface area contributed by atoms with Crippen LogP contribution in [0.15, 0.2) is 44.2 Å². The van der Waals surface area contributed by atoms with Gasteiger partial charge in [0.2, 0.25) is 17.6 Å². The molecule has 24 heavy (non-hydrogen) atoms. The van der Waals surface area contributed by atoms with Crippen molar-refractivity contribution in [3.8, 4) is 11.4 Å². The molecule has 3 aromatic rings. The summed E-state index contributed by atoms with van der Waals surface area (Å²) in [5, 5.41) is 10.8. The van der Waals surface area contributed by atoms with Crippen molar-refractivity contribution in [1.29, 1.82) is 0 Å². The Morgan fingerprint density at radius 2 is 2.29 bits per heavy atom. The zero-order valence-corrected chi connectivity index (χ0v) is 14.2. The Labute approximate surface area is 143 Å². The number of aryl methyl sites for hydroxylation is 2. The smallest absolute Gasteiger partial charge is 0.227 e. The lowest BCUT2D eigenvalue weighted by molar-refractivity contribution is -0.121. The number of aromatic nitrogens is 2. The van der Waals surface area contributed by atoms with Gasteiger partial charge in [0.15, 0.2) is 0 Å². The molecular formula is C17H19N3O3S. The highest BCUT2D eigenvalue weighted by Gasteiger charge is 2.12. The molecule has 0 aromatic carbocycles. The van der Waals surface area contributed by atoms with Gasteiger partial charge in [0.25, 0.3) is 0 Å². The van der Waals surface area contributed by atoms with Crippen LogP contribution in [0.25, 0.3) is 11.4 Å². The monoisotopic (exact) mass is 345 g/mol. The molecule has 0 spiro atoms. The van der Waals surface area contributed by atoms with Gasteiger partial charge in [-0.1, -0.05) is 5.16 Å². The standard InChI is InChI=1S/C17H19N3O3S/c1-12(4-5-14-3-2-9-22-14)18-15(21)6-7-16-19-17(20-23-16)13-8-10-24-11-13/h2-3,8-12H,4-7H2,1H3,(H,18,21). The summed E-state index contributed by atoms with van der Waals surface area (Å²) < 4.78 is 10.5. The van der Waals surface area contributed by atoms with Gasteiger partial charge in [-0.2, -0.15) is 16.3 Å². The van der Waals surface area contributed by atoms with Crippen molar-refractivity contribution in [1.82, 2.24) is 15.5 Å². The van der Waals surface area contributed by atoms with E-state index in [-0.39, 0.29) is 11.9 Å². The van der Waals surface area contributed by atoms with Crippen LogP contribution in [0.5, 0.6) is 0 Å². The molecule has 1 atom stereocenters. The Kier molecular flexibility index (Phi) is 5.43. The van der Waals surface area contributed by atoms with Gasteiger partial charge in [0.05, 0.1) is 6.26 Å². The van der Waals surface area contributed by atoms with Gasteiger partial charge >= 0.3 is 0 Å². The summed E-state index contributed by atoms with van der Waals surface area (Å²) >= 11 is 1.58. The lowest BCUT2D eigenvalue weighted by Crippen LogP contribution is -2.33. The summed E-state index contributed by atoms with van der Waals surface area (Å²) in [5.74, 6) is 1.97. The molecule has 0 bridgehead atoms. The minimum atomic E-state index is -0.0165. The van der Waals surface area contributed by atoms with Crippen molar-refractivity contribution in [2.24, 2.45) is 0 Å². The van der Waals surface area contributed by atoms with E-state index < -0.39 is 0 Å². The molecule has 7 heteroatoms. The summed E-state index contributed by atoms with van der Waals surface area (Å²) in [7, 11) is 0. The minimum Gasteiger partial charge on any atom is -0.469 e. The first-order chi connectivity index (χ1) is 11.7. The van der Waals surface area contributed by atoms with E-state index in [4.69, 9.17) is 8.94 Å². The number of hydrogen-bond acceptors (Lipinski definition) is 6. The highest BCUT2D eigenvalue weighted by molar-refractivity contribution is 7.08. The number of nitrogens with zero attached hydrogens (tertiary/aromatic N) is 2. The largest absolute Gasteiger partial charge is 0.469 e. The van der Waals surface area contributed by atoms with Gasteiger partial charge in [-0.3, -0.25) is 4.79 Å². The van der Waals surface area contributed by atoms with E-state index in [2.05, 4.69) is 15.5 Å². The molecule has 0 fully saturated rings. The number of rotatable bonds is 8. The molecule has 0 aliphatic heterocycles. The number of thiophene rings is 1. The molecule has 0 saturated carbocycles. The van der Waals surface area contributed by atoms with Gasteiger partial charge in [0, 0.05) is 36.2 Å². The molecule has 0 radical (unpaired) electrons. The summed E-state index contributed by atoms with van der Waals surface area (Å²) in [6, 6.07) is 5.83. The second-order valence-electron chi connectivity index (χ2n) is 5.61. The fraction of sp³-hybridized carbons (Fsp3) is 0.353. The van der Waals surface area contributed by atoms with Crippen molar-refractivity contribution < 1.29 is 13.7 Å². The molecule has 3 heterocycles. The Morgan fingerprint density at radius 1 is 1.38 bits per heavy atom. The average molecular weight is 345 g/mol. The zero-order valence-electron chi connectivity index (χ0n) is 13.4. The molecule has 1 amide bonds. The van der Waals surface area contributed by atoms with Gasteiger partial charge in [0.1, 0.15) is 5.76 Å². The molecule has 0 saturated heterocycles. The molecule has 1 unspecified atom stereocenters. The fourth-order valence-electron chi connectivity index (χ4n) is 2.32. The highest BCUT2D eigenvalue weighted by Crippen LogP contribution is 2.19. The predicted molar refractivity (Wildman–Crippen MR) is 90.6 cm³/mol. The van der Waals surface area contributed by atoms with Gasteiger partial charge in [-0.25, -0.2) is 0 Å². The number of amides is 1. The highest BCUT2D eigenvalue weighted by atomic mass is 32.1. The summed E-state index contributed by atoms with van der Waals surface area (Å²) in [6.07, 6.45) is 4.07. The van der Waals surface area contributed by atoms with Crippen molar-refractivity contribution in [3.05, 3.63) is 46.9 Å². The van der Waals surface area contributed by atoms with Crippen molar-refractivity contribution >= 4 is 17.2 Å². The first kappa shape index (κ1) is 16.4.